The molecule has 0 spiro atoms. The number of rotatable bonds is 6. The molecule has 4 heteroatoms. The van der Waals surface area contributed by atoms with Gasteiger partial charge in [0.15, 0.2) is 0 Å². The highest BCUT2D eigenvalue weighted by Gasteiger charge is 2.26. The first-order chi connectivity index (χ1) is 8.90. The molecule has 0 amide bonds. The van der Waals surface area contributed by atoms with Crippen LogP contribution in [0.25, 0.3) is 0 Å². The molecule has 0 radical (unpaired) electrons. The molecule has 0 bridgehead atoms. The van der Waals surface area contributed by atoms with Crippen LogP contribution in [0.4, 0.5) is 0 Å². The fourth-order valence-corrected chi connectivity index (χ4v) is 8.04. The Kier molecular flexibility index (Phi) is 5.91. The van der Waals surface area contributed by atoms with Crippen molar-refractivity contribution in [1.29, 1.82) is 0 Å². The molecule has 0 nitrogen and oxygen atoms in total. The highest BCUT2D eigenvalue weighted by molar-refractivity contribution is 8.07. The SMILES string of the molecule is C1CC(CSC2CSC2)CCC1CSC1CSC1. The van der Waals surface area contributed by atoms with Gasteiger partial charge in [-0.05, 0) is 49.0 Å². The van der Waals surface area contributed by atoms with E-state index in [0.29, 0.717) is 0 Å². The fraction of sp³-hybridized carbons (Fsp3) is 1.00. The van der Waals surface area contributed by atoms with Crippen LogP contribution in [0.1, 0.15) is 25.7 Å². The molecule has 3 fully saturated rings. The summed E-state index contributed by atoms with van der Waals surface area (Å²) < 4.78 is 0. The van der Waals surface area contributed by atoms with Crippen LogP contribution in [0.3, 0.4) is 0 Å². The molecule has 0 atom stereocenters. The number of thioether (sulfide) groups is 4. The second-order valence-electron chi connectivity index (χ2n) is 5.87. The third kappa shape index (κ3) is 4.20. The average molecular weight is 321 g/mol. The van der Waals surface area contributed by atoms with E-state index in [4.69, 9.17) is 0 Å². The van der Waals surface area contributed by atoms with Gasteiger partial charge in [0.05, 0.1) is 0 Å². The lowest BCUT2D eigenvalue weighted by Crippen LogP contribution is -2.25. The van der Waals surface area contributed by atoms with Crippen molar-refractivity contribution in [2.75, 3.05) is 34.5 Å². The molecule has 0 aromatic heterocycles. The Bertz CT molecular complexity index is 216. The molecule has 0 N–H and O–H groups in total. The smallest absolute Gasteiger partial charge is 0.0228 e. The summed E-state index contributed by atoms with van der Waals surface area (Å²) in [5.41, 5.74) is 0. The van der Waals surface area contributed by atoms with Gasteiger partial charge in [-0.15, -0.1) is 0 Å². The van der Waals surface area contributed by atoms with Crippen LogP contribution in [0.5, 0.6) is 0 Å². The van der Waals surface area contributed by atoms with Crippen LogP contribution < -0.4 is 0 Å². The van der Waals surface area contributed by atoms with Crippen LogP contribution in [-0.4, -0.2) is 45.0 Å². The Morgan fingerprint density at radius 2 is 1.06 bits per heavy atom. The van der Waals surface area contributed by atoms with Gasteiger partial charge < -0.3 is 0 Å². The van der Waals surface area contributed by atoms with Gasteiger partial charge in [-0.25, -0.2) is 0 Å². The first kappa shape index (κ1) is 14.3. The van der Waals surface area contributed by atoms with E-state index in [1.165, 1.54) is 60.2 Å². The van der Waals surface area contributed by atoms with Gasteiger partial charge in [-0.1, -0.05) is 0 Å². The molecule has 18 heavy (non-hydrogen) atoms. The van der Waals surface area contributed by atoms with E-state index < -0.39 is 0 Å². The van der Waals surface area contributed by atoms with E-state index in [-0.39, 0.29) is 0 Å². The third-order valence-electron chi connectivity index (χ3n) is 4.32. The van der Waals surface area contributed by atoms with Gasteiger partial charge in [0.1, 0.15) is 0 Å². The van der Waals surface area contributed by atoms with E-state index in [1.54, 1.807) is 0 Å². The van der Waals surface area contributed by atoms with Crippen molar-refractivity contribution < 1.29 is 0 Å². The molecule has 3 rings (SSSR count). The summed E-state index contributed by atoms with van der Waals surface area (Å²) in [6.45, 7) is 0. The van der Waals surface area contributed by atoms with E-state index in [1.807, 2.05) is 0 Å². The third-order valence-corrected chi connectivity index (χ3v) is 10.7. The lowest BCUT2D eigenvalue weighted by atomic mass is 9.84. The summed E-state index contributed by atoms with van der Waals surface area (Å²) in [5, 5.41) is 2.03. The molecule has 1 saturated carbocycles. The predicted octanol–water partition coefficient (Wildman–Crippen LogP) is 4.49. The average Bonchev–Trinajstić information content (AvgIpc) is 2.27. The molecule has 0 aromatic rings. The fourth-order valence-electron chi connectivity index (χ4n) is 2.73. The van der Waals surface area contributed by atoms with Gasteiger partial charge in [-0.2, -0.15) is 47.0 Å². The topological polar surface area (TPSA) is 0 Å². The Morgan fingerprint density at radius 1 is 0.667 bits per heavy atom. The lowest BCUT2D eigenvalue weighted by molar-refractivity contribution is 0.315. The predicted molar refractivity (Wildman–Crippen MR) is 92.6 cm³/mol. The maximum atomic E-state index is 2.27. The minimum Gasteiger partial charge on any atom is -0.160 e. The number of hydrogen-bond acceptors (Lipinski definition) is 4. The molecular weight excluding hydrogens is 296 g/mol. The Labute approximate surface area is 129 Å². The zero-order valence-electron chi connectivity index (χ0n) is 11.0. The van der Waals surface area contributed by atoms with E-state index in [2.05, 4.69) is 47.0 Å². The maximum Gasteiger partial charge on any atom is 0.0228 e. The monoisotopic (exact) mass is 320 g/mol. The Hall–Kier alpha value is 1.40. The van der Waals surface area contributed by atoms with Gasteiger partial charge in [0.2, 0.25) is 0 Å². The summed E-state index contributed by atoms with van der Waals surface area (Å²) in [4.78, 5) is 0. The maximum absolute atomic E-state index is 2.27. The summed E-state index contributed by atoms with van der Waals surface area (Å²) in [5.74, 6) is 10.7. The molecule has 2 saturated heterocycles. The molecule has 0 aromatic carbocycles. The van der Waals surface area contributed by atoms with Crippen LogP contribution in [-0.2, 0) is 0 Å². The summed E-state index contributed by atoms with van der Waals surface area (Å²) >= 11 is 8.79. The van der Waals surface area contributed by atoms with Crippen molar-refractivity contribution in [3.8, 4) is 0 Å². The van der Waals surface area contributed by atoms with E-state index in [0.717, 1.165) is 22.3 Å². The standard InChI is InChI=1S/C14H24S4/c1-2-12(6-18-14-9-16-10-14)4-3-11(1)5-17-13-7-15-8-13/h11-14H,1-10H2. The van der Waals surface area contributed by atoms with Crippen molar-refractivity contribution in [1.82, 2.24) is 0 Å². The molecule has 104 valence electrons. The van der Waals surface area contributed by atoms with Crippen LogP contribution in [0.2, 0.25) is 0 Å². The zero-order chi connectivity index (χ0) is 12.2. The summed E-state index contributed by atoms with van der Waals surface area (Å²) in [6, 6.07) is 0. The molecule has 3 aliphatic rings. The Balaban J connectivity index is 1.25. The minimum absolute atomic E-state index is 1.01. The highest BCUT2D eigenvalue weighted by atomic mass is 32.2. The lowest BCUT2D eigenvalue weighted by Gasteiger charge is -2.32. The van der Waals surface area contributed by atoms with Crippen LogP contribution in [0, 0.1) is 11.8 Å². The van der Waals surface area contributed by atoms with Crippen LogP contribution in [0.15, 0.2) is 0 Å². The molecular formula is C14H24S4. The molecule has 1 aliphatic carbocycles. The Morgan fingerprint density at radius 3 is 1.33 bits per heavy atom. The second-order valence-corrected chi connectivity index (χ2v) is 10.7. The van der Waals surface area contributed by atoms with Crippen LogP contribution >= 0.6 is 47.0 Å². The first-order valence-electron chi connectivity index (χ1n) is 7.29. The van der Waals surface area contributed by atoms with Crippen molar-refractivity contribution >= 4 is 47.0 Å². The molecule has 2 heterocycles. The summed E-state index contributed by atoms with van der Waals surface area (Å²) in [6.07, 6.45) is 6.10. The van der Waals surface area contributed by atoms with E-state index >= 15 is 0 Å². The van der Waals surface area contributed by atoms with Gasteiger partial charge >= 0.3 is 0 Å². The number of hydrogen-bond donors (Lipinski definition) is 0. The van der Waals surface area contributed by atoms with Crippen molar-refractivity contribution in [3.63, 3.8) is 0 Å². The van der Waals surface area contributed by atoms with Gasteiger partial charge in [-0.3, -0.25) is 0 Å². The highest BCUT2D eigenvalue weighted by Crippen LogP contribution is 2.38. The molecule has 2 aliphatic heterocycles. The minimum atomic E-state index is 1.01. The van der Waals surface area contributed by atoms with Crippen molar-refractivity contribution in [2.24, 2.45) is 11.8 Å². The largest absolute Gasteiger partial charge is 0.160 e. The van der Waals surface area contributed by atoms with E-state index in [9.17, 15) is 0 Å². The van der Waals surface area contributed by atoms with Gasteiger partial charge in [0.25, 0.3) is 0 Å². The molecule has 0 unspecified atom stereocenters. The first-order valence-corrected chi connectivity index (χ1v) is 11.7. The normalized spacial score (nSPS) is 34.0. The zero-order valence-corrected chi connectivity index (χ0v) is 14.3. The second kappa shape index (κ2) is 7.42. The van der Waals surface area contributed by atoms with Crippen molar-refractivity contribution in [2.45, 2.75) is 36.2 Å². The van der Waals surface area contributed by atoms with Crippen molar-refractivity contribution in [3.05, 3.63) is 0 Å². The quantitative estimate of drug-likeness (QED) is 0.707. The summed E-state index contributed by atoms with van der Waals surface area (Å²) in [7, 11) is 0. The van der Waals surface area contributed by atoms with Gasteiger partial charge in [0, 0.05) is 33.5 Å².